The number of benzene rings is 1. The number of Topliss-reactive ketones (excluding diaryl/α,β-unsaturated/α-hetero) is 1. The molecular formula is C26H22N4O5S. The summed E-state index contributed by atoms with van der Waals surface area (Å²) in [4.78, 5) is 56.7. The summed E-state index contributed by atoms with van der Waals surface area (Å²) in [6, 6.07) is 11.3. The first-order chi connectivity index (χ1) is 17.3. The van der Waals surface area contributed by atoms with Crippen molar-refractivity contribution in [3.05, 3.63) is 89.9 Å². The third kappa shape index (κ3) is 3.85. The molecule has 36 heavy (non-hydrogen) atoms. The Morgan fingerprint density at radius 3 is 2.61 bits per heavy atom. The number of nitrogens with zero attached hydrogens (tertiary/aromatic N) is 3. The molecule has 0 saturated heterocycles. The molecule has 0 fully saturated rings. The number of pyridine rings is 1. The smallest absolute Gasteiger partial charge is 0.339 e. The topological polar surface area (TPSA) is 126 Å². The van der Waals surface area contributed by atoms with Gasteiger partial charge in [-0.2, -0.15) is 0 Å². The van der Waals surface area contributed by atoms with E-state index in [1.165, 1.54) is 14.1 Å². The van der Waals surface area contributed by atoms with Crippen LogP contribution >= 0.6 is 11.3 Å². The summed E-state index contributed by atoms with van der Waals surface area (Å²) in [5.74, 6) is -1.75. The predicted octanol–water partition coefficient (Wildman–Crippen LogP) is 2.80. The SMILES string of the molecule is Cn1c(N)c(C(=O)COC(=O)c2c3c(nc4ccccc24)/C(=C\c2cccs2)CC3)c(=O)n(C)c1=O. The molecule has 2 N–H and O–H groups in total. The number of rotatable bonds is 5. The third-order valence-electron chi connectivity index (χ3n) is 6.33. The van der Waals surface area contributed by atoms with Crippen LogP contribution in [-0.2, 0) is 25.3 Å². The fourth-order valence-electron chi connectivity index (χ4n) is 4.45. The number of carbonyl (C=O) groups is 2. The molecule has 9 nitrogen and oxygen atoms in total. The highest BCUT2D eigenvalue weighted by Gasteiger charge is 2.29. The van der Waals surface area contributed by atoms with Gasteiger partial charge in [0.1, 0.15) is 11.4 Å². The number of aromatic nitrogens is 3. The van der Waals surface area contributed by atoms with E-state index in [9.17, 15) is 19.2 Å². The van der Waals surface area contributed by atoms with Gasteiger partial charge in [0.2, 0.25) is 5.78 Å². The van der Waals surface area contributed by atoms with Crippen molar-refractivity contribution in [1.82, 2.24) is 14.1 Å². The monoisotopic (exact) mass is 502 g/mol. The van der Waals surface area contributed by atoms with Crippen molar-refractivity contribution in [2.45, 2.75) is 12.8 Å². The van der Waals surface area contributed by atoms with Crippen LogP contribution in [0.5, 0.6) is 0 Å². The average Bonchev–Trinajstić information content (AvgIpc) is 3.54. The van der Waals surface area contributed by atoms with Gasteiger partial charge in [0.25, 0.3) is 5.56 Å². The first kappa shape index (κ1) is 23.4. The van der Waals surface area contributed by atoms with Crippen LogP contribution in [-0.4, -0.2) is 32.5 Å². The molecule has 1 aromatic carbocycles. The number of para-hydroxylation sites is 1. The predicted molar refractivity (Wildman–Crippen MR) is 138 cm³/mol. The van der Waals surface area contributed by atoms with E-state index in [1.807, 2.05) is 35.7 Å². The van der Waals surface area contributed by atoms with Gasteiger partial charge in [-0.25, -0.2) is 14.6 Å². The molecule has 3 aromatic heterocycles. The number of hydrogen-bond acceptors (Lipinski definition) is 8. The van der Waals surface area contributed by atoms with Crippen molar-refractivity contribution in [2.24, 2.45) is 14.1 Å². The summed E-state index contributed by atoms with van der Waals surface area (Å²) in [7, 11) is 2.61. The highest BCUT2D eigenvalue weighted by molar-refractivity contribution is 7.10. The Balaban J connectivity index is 1.51. The summed E-state index contributed by atoms with van der Waals surface area (Å²) in [6.07, 6.45) is 3.41. The largest absolute Gasteiger partial charge is 0.454 e. The minimum absolute atomic E-state index is 0.275. The van der Waals surface area contributed by atoms with E-state index < -0.39 is 35.2 Å². The minimum atomic E-state index is -0.838. The van der Waals surface area contributed by atoms with Crippen LogP contribution in [0.1, 0.15) is 43.3 Å². The zero-order chi connectivity index (χ0) is 25.6. The Morgan fingerprint density at radius 2 is 1.86 bits per heavy atom. The standard InChI is InChI=1S/C26H22N4O5S/c1-29-23(27)21(24(32)30(2)26(29)34)19(31)13-35-25(33)20-16-7-3-4-8-18(16)28-22-14(9-10-17(20)22)12-15-6-5-11-36-15/h3-8,11-12H,9-10,13,27H2,1-2H3/b14-12-. The van der Waals surface area contributed by atoms with Crippen molar-refractivity contribution in [2.75, 3.05) is 12.3 Å². The maximum atomic E-state index is 13.3. The Kier molecular flexibility index (Phi) is 5.89. The Hall–Kier alpha value is -4.31. The van der Waals surface area contributed by atoms with Crippen LogP contribution in [0.3, 0.4) is 0 Å². The molecular weight excluding hydrogens is 480 g/mol. The molecule has 0 radical (unpaired) electrons. The fraction of sp³-hybridized carbons (Fsp3) is 0.192. The molecule has 0 unspecified atom stereocenters. The van der Waals surface area contributed by atoms with E-state index in [1.54, 1.807) is 17.4 Å². The normalized spacial score (nSPS) is 13.8. The van der Waals surface area contributed by atoms with Crippen molar-refractivity contribution >= 4 is 51.5 Å². The molecule has 0 saturated carbocycles. The Morgan fingerprint density at radius 1 is 1.08 bits per heavy atom. The molecule has 1 aliphatic carbocycles. The van der Waals surface area contributed by atoms with Gasteiger partial charge in [-0.1, -0.05) is 24.3 Å². The maximum Gasteiger partial charge on any atom is 0.339 e. The van der Waals surface area contributed by atoms with Crippen molar-refractivity contribution in [3.63, 3.8) is 0 Å². The van der Waals surface area contributed by atoms with Gasteiger partial charge in [-0.3, -0.25) is 18.7 Å². The second-order valence-electron chi connectivity index (χ2n) is 8.48. The number of fused-ring (bicyclic) bond motifs is 2. The van der Waals surface area contributed by atoms with E-state index in [-0.39, 0.29) is 5.82 Å². The number of hydrogen-bond donors (Lipinski definition) is 1. The molecule has 3 heterocycles. The molecule has 182 valence electrons. The fourth-order valence-corrected chi connectivity index (χ4v) is 5.14. The third-order valence-corrected chi connectivity index (χ3v) is 7.15. The summed E-state index contributed by atoms with van der Waals surface area (Å²) >= 11 is 1.62. The molecule has 0 amide bonds. The number of allylic oxidation sites excluding steroid dienone is 1. The van der Waals surface area contributed by atoms with Crippen molar-refractivity contribution < 1.29 is 14.3 Å². The molecule has 10 heteroatoms. The zero-order valence-electron chi connectivity index (χ0n) is 19.6. The number of nitrogens with two attached hydrogens (primary N) is 1. The van der Waals surface area contributed by atoms with Gasteiger partial charge in [0.05, 0.1) is 16.8 Å². The van der Waals surface area contributed by atoms with Crippen molar-refractivity contribution in [3.8, 4) is 0 Å². The maximum absolute atomic E-state index is 13.3. The first-order valence-corrected chi connectivity index (χ1v) is 12.1. The highest BCUT2D eigenvalue weighted by atomic mass is 32.1. The molecule has 0 spiro atoms. The van der Waals surface area contributed by atoms with Crippen molar-refractivity contribution in [1.29, 1.82) is 0 Å². The lowest BCUT2D eigenvalue weighted by atomic mass is 10.0. The molecule has 0 aliphatic heterocycles. The summed E-state index contributed by atoms with van der Waals surface area (Å²) in [6.45, 7) is -0.695. The van der Waals surface area contributed by atoms with Gasteiger partial charge in [0.15, 0.2) is 6.61 Å². The summed E-state index contributed by atoms with van der Waals surface area (Å²) in [5, 5.41) is 2.63. The van der Waals surface area contributed by atoms with Crippen LogP contribution in [0.25, 0.3) is 22.6 Å². The van der Waals surface area contributed by atoms with Gasteiger partial charge in [-0.05, 0) is 47.6 Å². The lowest BCUT2D eigenvalue weighted by Crippen LogP contribution is -2.42. The number of ketones is 1. The summed E-state index contributed by atoms with van der Waals surface area (Å²) in [5.41, 5.74) is 7.53. The second-order valence-corrected chi connectivity index (χ2v) is 9.46. The van der Waals surface area contributed by atoms with Crippen LogP contribution < -0.4 is 17.0 Å². The van der Waals surface area contributed by atoms with E-state index in [4.69, 9.17) is 15.5 Å². The quantitative estimate of drug-likeness (QED) is 0.328. The summed E-state index contributed by atoms with van der Waals surface area (Å²) < 4.78 is 7.20. The number of esters is 1. The average molecular weight is 503 g/mol. The number of thiophene rings is 1. The zero-order valence-corrected chi connectivity index (χ0v) is 20.4. The lowest BCUT2D eigenvalue weighted by molar-refractivity contribution is 0.0475. The van der Waals surface area contributed by atoms with Gasteiger partial charge in [0, 0.05) is 24.4 Å². The first-order valence-electron chi connectivity index (χ1n) is 11.2. The van der Waals surface area contributed by atoms with Gasteiger partial charge in [-0.15, -0.1) is 11.3 Å². The van der Waals surface area contributed by atoms with Gasteiger partial charge < -0.3 is 10.5 Å². The molecule has 0 atom stereocenters. The van der Waals surface area contributed by atoms with E-state index in [0.29, 0.717) is 22.9 Å². The van der Waals surface area contributed by atoms with Crippen LogP contribution in [0.15, 0.2) is 51.4 Å². The lowest BCUT2D eigenvalue weighted by Gasteiger charge is -2.13. The Labute approximate surface area is 209 Å². The number of anilines is 1. The van der Waals surface area contributed by atoms with Crippen LogP contribution in [0, 0.1) is 0 Å². The number of nitrogen functional groups attached to an aromatic ring is 1. The number of ether oxygens (including phenoxy) is 1. The molecule has 4 aromatic rings. The minimum Gasteiger partial charge on any atom is -0.454 e. The van der Waals surface area contributed by atoms with Crippen LogP contribution in [0.2, 0.25) is 0 Å². The molecule has 1 aliphatic rings. The van der Waals surface area contributed by atoms with E-state index in [0.717, 1.165) is 37.3 Å². The van der Waals surface area contributed by atoms with E-state index in [2.05, 4.69) is 6.08 Å². The second kappa shape index (κ2) is 9.04. The Bertz CT molecular complexity index is 1700. The van der Waals surface area contributed by atoms with E-state index >= 15 is 0 Å². The molecule has 5 rings (SSSR count). The number of carbonyl (C=O) groups excluding carboxylic acids is 2. The van der Waals surface area contributed by atoms with Crippen LogP contribution in [0.4, 0.5) is 5.82 Å². The highest BCUT2D eigenvalue weighted by Crippen LogP contribution is 2.38. The molecule has 0 bridgehead atoms. The van der Waals surface area contributed by atoms with Gasteiger partial charge >= 0.3 is 11.7 Å².